The Morgan fingerprint density at radius 1 is 1.21 bits per heavy atom. The lowest BCUT2D eigenvalue weighted by Gasteiger charge is -2.26. The molecule has 1 atom stereocenters. The molecule has 0 aliphatic carbocycles. The van der Waals surface area contributed by atoms with Crippen molar-refractivity contribution >= 4 is 0 Å². The van der Waals surface area contributed by atoms with Gasteiger partial charge in [0.1, 0.15) is 5.75 Å². The summed E-state index contributed by atoms with van der Waals surface area (Å²) in [5.41, 5.74) is 1.26. The highest BCUT2D eigenvalue weighted by molar-refractivity contribution is 5.33. The van der Waals surface area contributed by atoms with E-state index in [9.17, 15) is 0 Å². The highest BCUT2D eigenvalue weighted by Gasteiger charge is 2.14. The minimum atomic E-state index is 0.589. The van der Waals surface area contributed by atoms with E-state index in [-0.39, 0.29) is 0 Å². The average molecular weight is 333 g/mol. The number of hydrogen-bond acceptors (Lipinski definition) is 5. The molecule has 0 saturated carbocycles. The van der Waals surface area contributed by atoms with Gasteiger partial charge in [-0.25, -0.2) is 0 Å². The van der Waals surface area contributed by atoms with Crippen LogP contribution in [0.25, 0.3) is 0 Å². The standard InChI is InChI=1S/C19H31N3O2/c1-2-6-19(17(5-1)15-21-18-7-8-20-16-18)24-12-4-3-9-22-10-13-23-14-11-22/h1-2,5-6,18,20-21H,3-4,7-16H2/t18-/m1/s1. The molecule has 134 valence electrons. The highest BCUT2D eigenvalue weighted by Crippen LogP contribution is 2.18. The molecule has 2 aliphatic heterocycles. The first-order valence-corrected chi connectivity index (χ1v) is 9.37. The predicted molar refractivity (Wildman–Crippen MR) is 96.5 cm³/mol. The molecule has 3 rings (SSSR count). The van der Waals surface area contributed by atoms with Crippen LogP contribution in [0.1, 0.15) is 24.8 Å². The van der Waals surface area contributed by atoms with E-state index in [1.165, 1.54) is 18.4 Å². The molecule has 24 heavy (non-hydrogen) atoms. The van der Waals surface area contributed by atoms with Crippen LogP contribution in [-0.4, -0.2) is 63.5 Å². The molecule has 2 N–H and O–H groups in total. The Morgan fingerprint density at radius 3 is 2.92 bits per heavy atom. The molecular weight excluding hydrogens is 302 g/mol. The fourth-order valence-corrected chi connectivity index (χ4v) is 3.32. The van der Waals surface area contributed by atoms with Gasteiger partial charge >= 0.3 is 0 Å². The van der Waals surface area contributed by atoms with Gasteiger partial charge in [-0.15, -0.1) is 0 Å². The summed E-state index contributed by atoms with van der Waals surface area (Å²) < 4.78 is 11.4. The van der Waals surface area contributed by atoms with Gasteiger partial charge in [-0.1, -0.05) is 18.2 Å². The van der Waals surface area contributed by atoms with Gasteiger partial charge in [0.05, 0.1) is 19.8 Å². The number of morpholine rings is 1. The molecule has 0 radical (unpaired) electrons. The lowest BCUT2D eigenvalue weighted by atomic mass is 10.1. The topological polar surface area (TPSA) is 45.8 Å². The third kappa shape index (κ3) is 5.74. The van der Waals surface area contributed by atoms with Crippen LogP contribution in [0.2, 0.25) is 0 Å². The molecule has 2 heterocycles. The van der Waals surface area contributed by atoms with Crippen molar-refractivity contribution in [3.63, 3.8) is 0 Å². The van der Waals surface area contributed by atoms with Crippen molar-refractivity contribution in [2.45, 2.75) is 31.8 Å². The smallest absolute Gasteiger partial charge is 0.123 e. The second-order valence-electron chi connectivity index (χ2n) is 6.69. The van der Waals surface area contributed by atoms with E-state index < -0.39 is 0 Å². The summed E-state index contributed by atoms with van der Waals surface area (Å²) in [7, 11) is 0. The summed E-state index contributed by atoms with van der Waals surface area (Å²) in [6, 6.07) is 9.00. The van der Waals surface area contributed by atoms with E-state index in [4.69, 9.17) is 9.47 Å². The molecule has 2 saturated heterocycles. The van der Waals surface area contributed by atoms with Crippen molar-refractivity contribution in [2.24, 2.45) is 0 Å². The first-order chi connectivity index (χ1) is 11.9. The lowest BCUT2D eigenvalue weighted by molar-refractivity contribution is 0.0368. The first kappa shape index (κ1) is 17.7. The molecule has 0 amide bonds. The zero-order valence-corrected chi connectivity index (χ0v) is 14.6. The van der Waals surface area contributed by atoms with Crippen molar-refractivity contribution in [1.82, 2.24) is 15.5 Å². The van der Waals surface area contributed by atoms with E-state index >= 15 is 0 Å². The Kier molecular flexibility index (Phi) is 7.36. The molecular formula is C19H31N3O2. The minimum Gasteiger partial charge on any atom is -0.493 e. The Balaban J connectivity index is 1.35. The van der Waals surface area contributed by atoms with Crippen molar-refractivity contribution in [1.29, 1.82) is 0 Å². The van der Waals surface area contributed by atoms with Gasteiger partial charge in [0.25, 0.3) is 0 Å². The van der Waals surface area contributed by atoms with E-state index in [2.05, 4.69) is 39.8 Å². The van der Waals surface area contributed by atoms with Crippen LogP contribution in [0.15, 0.2) is 24.3 Å². The van der Waals surface area contributed by atoms with Crippen LogP contribution in [0.4, 0.5) is 0 Å². The minimum absolute atomic E-state index is 0.589. The highest BCUT2D eigenvalue weighted by atomic mass is 16.5. The molecule has 0 spiro atoms. The third-order valence-corrected chi connectivity index (χ3v) is 4.84. The SMILES string of the molecule is c1ccc(OCCCCN2CCOCC2)c(CN[C@@H]2CCNC2)c1. The van der Waals surface area contributed by atoms with Crippen LogP contribution in [0.5, 0.6) is 5.75 Å². The van der Waals surface area contributed by atoms with Gasteiger partial charge < -0.3 is 20.1 Å². The zero-order chi connectivity index (χ0) is 16.5. The molecule has 5 nitrogen and oxygen atoms in total. The molecule has 1 aromatic rings. The second-order valence-corrected chi connectivity index (χ2v) is 6.69. The normalized spacial score (nSPS) is 21.9. The number of nitrogens with one attached hydrogen (secondary N) is 2. The quantitative estimate of drug-likeness (QED) is 0.673. The number of benzene rings is 1. The van der Waals surface area contributed by atoms with Gasteiger partial charge in [0, 0.05) is 37.8 Å². The molecule has 0 bridgehead atoms. The molecule has 1 aromatic carbocycles. The molecule has 2 fully saturated rings. The molecule has 2 aliphatic rings. The zero-order valence-electron chi connectivity index (χ0n) is 14.6. The number of para-hydroxylation sites is 1. The van der Waals surface area contributed by atoms with Crippen LogP contribution in [-0.2, 0) is 11.3 Å². The molecule has 0 aromatic heterocycles. The average Bonchev–Trinajstić information content (AvgIpc) is 3.15. The number of nitrogens with zero attached hydrogens (tertiary/aromatic N) is 1. The van der Waals surface area contributed by atoms with Crippen LogP contribution in [0, 0.1) is 0 Å². The number of rotatable bonds is 9. The summed E-state index contributed by atoms with van der Waals surface area (Å²) in [5, 5.41) is 7.01. The summed E-state index contributed by atoms with van der Waals surface area (Å²) >= 11 is 0. The Morgan fingerprint density at radius 2 is 2.08 bits per heavy atom. The summed E-state index contributed by atoms with van der Waals surface area (Å²) in [4.78, 5) is 2.48. The maximum Gasteiger partial charge on any atom is 0.123 e. The molecule has 5 heteroatoms. The van der Waals surface area contributed by atoms with Crippen LogP contribution in [0.3, 0.4) is 0 Å². The Hall–Kier alpha value is -1.14. The van der Waals surface area contributed by atoms with Gasteiger partial charge in [0.2, 0.25) is 0 Å². The maximum atomic E-state index is 6.04. The Labute approximate surface area is 145 Å². The van der Waals surface area contributed by atoms with E-state index in [0.29, 0.717) is 6.04 Å². The molecule has 0 unspecified atom stereocenters. The fourth-order valence-electron chi connectivity index (χ4n) is 3.32. The van der Waals surface area contributed by atoms with Gasteiger partial charge in [-0.05, 0) is 38.4 Å². The van der Waals surface area contributed by atoms with Crippen molar-refractivity contribution in [3.05, 3.63) is 29.8 Å². The van der Waals surface area contributed by atoms with Gasteiger partial charge in [-0.3, -0.25) is 4.90 Å². The van der Waals surface area contributed by atoms with E-state index in [1.54, 1.807) is 0 Å². The number of unbranched alkanes of at least 4 members (excludes halogenated alkanes) is 1. The third-order valence-electron chi connectivity index (χ3n) is 4.84. The van der Waals surface area contributed by atoms with Crippen molar-refractivity contribution in [2.75, 3.05) is 52.5 Å². The summed E-state index contributed by atoms with van der Waals surface area (Å²) in [5.74, 6) is 1.03. The van der Waals surface area contributed by atoms with E-state index in [1.807, 2.05) is 0 Å². The van der Waals surface area contributed by atoms with Crippen LogP contribution < -0.4 is 15.4 Å². The monoisotopic (exact) mass is 333 g/mol. The van der Waals surface area contributed by atoms with Gasteiger partial charge in [0.15, 0.2) is 0 Å². The summed E-state index contributed by atoms with van der Waals surface area (Å²) in [6.45, 7) is 8.95. The van der Waals surface area contributed by atoms with Gasteiger partial charge in [-0.2, -0.15) is 0 Å². The lowest BCUT2D eigenvalue weighted by Crippen LogP contribution is -2.36. The van der Waals surface area contributed by atoms with Crippen LogP contribution >= 0.6 is 0 Å². The number of ether oxygens (including phenoxy) is 2. The van der Waals surface area contributed by atoms with E-state index in [0.717, 1.165) is 71.3 Å². The Bertz CT molecular complexity index is 471. The maximum absolute atomic E-state index is 6.04. The predicted octanol–water partition coefficient (Wildman–Crippen LogP) is 1.63. The summed E-state index contributed by atoms with van der Waals surface area (Å²) in [6.07, 6.45) is 3.50. The first-order valence-electron chi connectivity index (χ1n) is 9.37. The number of hydrogen-bond donors (Lipinski definition) is 2. The fraction of sp³-hybridized carbons (Fsp3) is 0.684. The second kappa shape index (κ2) is 9.99. The van der Waals surface area contributed by atoms with Crippen molar-refractivity contribution < 1.29 is 9.47 Å². The van der Waals surface area contributed by atoms with Crippen molar-refractivity contribution in [3.8, 4) is 5.75 Å². The largest absolute Gasteiger partial charge is 0.493 e.